The predicted molar refractivity (Wildman–Crippen MR) is 83.7 cm³/mol. The van der Waals surface area contributed by atoms with Crippen molar-refractivity contribution in [2.45, 2.75) is 24.2 Å². The van der Waals surface area contributed by atoms with Gasteiger partial charge in [0.2, 0.25) is 0 Å². The van der Waals surface area contributed by atoms with E-state index in [0.29, 0.717) is 11.4 Å². The fourth-order valence-electron chi connectivity index (χ4n) is 1.81. The van der Waals surface area contributed by atoms with Crippen LogP contribution in [0.1, 0.15) is 11.4 Å². The summed E-state index contributed by atoms with van der Waals surface area (Å²) in [5.41, 5.74) is -1.40. The first-order valence-electron chi connectivity index (χ1n) is 7.47. The number of aliphatic hydroxyl groups excluding tert-OH is 6. The number of aromatic nitrogens is 2. The van der Waals surface area contributed by atoms with Gasteiger partial charge in [0, 0.05) is 25.5 Å². The Labute approximate surface area is 139 Å². The van der Waals surface area contributed by atoms with E-state index in [1.165, 1.54) is 12.4 Å². The molecule has 0 fully saturated rings. The molecule has 0 aliphatic rings. The number of hydrogen-bond donors (Lipinski definition) is 8. The Morgan fingerprint density at radius 1 is 0.667 bits per heavy atom. The smallest absolute Gasteiger partial charge is 0.0884 e. The topological polar surface area (TPSA) is 171 Å². The molecule has 0 aromatic carbocycles. The number of nitrogens with zero attached hydrogens (tertiary/aromatic N) is 2. The fraction of sp³-hybridized carbons (Fsp3) is 0.714. The largest absolute Gasteiger partial charge is 0.394 e. The maximum atomic E-state index is 9.26. The molecule has 0 amide bonds. The SMILES string of the molecule is OCC(CO)(CO)NCc1cncc(CNC(CO)(CO)CO)n1. The van der Waals surface area contributed by atoms with Crippen molar-refractivity contribution in [1.29, 1.82) is 0 Å². The molecule has 0 bridgehead atoms. The molecule has 10 nitrogen and oxygen atoms in total. The Morgan fingerprint density at radius 2 is 1.00 bits per heavy atom. The lowest BCUT2D eigenvalue weighted by Gasteiger charge is -2.29. The lowest BCUT2D eigenvalue weighted by molar-refractivity contribution is 0.0408. The van der Waals surface area contributed by atoms with Crippen molar-refractivity contribution in [3.8, 4) is 0 Å². The summed E-state index contributed by atoms with van der Waals surface area (Å²) >= 11 is 0. The lowest BCUT2D eigenvalue weighted by atomic mass is 10.0. The molecule has 0 unspecified atom stereocenters. The van der Waals surface area contributed by atoms with E-state index >= 15 is 0 Å². The minimum atomic E-state index is -1.21. The summed E-state index contributed by atoms with van der Waals surface area (Å²) in [5, 5.41) is 61.3. The average Bonchev–Trinajstić information content (AvgIpc) is 2.65. The summed E-state index contributed by atoms with van der Waals surface area (Å²) in [6, 6.07) is 0. The van der Waals surface area contributed by atoms with Crippen molar-refractivity contribution in [1.82, 2.24) is 20.6 Å². The van der Waals surface area contributed by atoms with Gasteiger partial charge >= 0.3 is 0 Å². The molecular weight excluding hydrogens is 320 g/mol. The number of aliphatic hydroxyl groups is 6. The maximum absolute atomic E-state index is 9.26. The summed E-state index contributed by atoms with van der Waals surface area (Å²) in [6.07, 6.45) is 2.98. The molecule has 10 heteroatoms. The van der Waals surface area contributed by atoms with Gasteiger partial charge in [0.15, 0.2) is 0 Å². The summed E-state index contributed by atoms with van der Waals surface area (Å²) < 4.78 is 0. The van der Waals surface area contributed by atoms with Gasteiger partial charge < -0.3 is 30.6 Å². The lowest BCUT2D eigenvalue weighted by Crippen LogP contribution is -2.54. The monoisotopic (exact) mass is 346 g/mol. The maximum Gasteiger partial charge on any atom is 0.0884 e. The van der Waals surface area contributed by atoms with Gasteiger partial charge in [-0.3, -0.25) is 20.6 Å². The Hall–Kier alpha value is -1.24. The molecule has 0 aliphatic carbocycles. The van der Waals surface area contributed by atoms with E-state index in [4.69, 9.17) is 0 Å². The molecular formula is C14H26N4O6. The van der Waals surface area contributed by atoms with Crippen molar-refractivity contribution < 1.29 is 30.6 Å². The van der Waals surface area contributed by atoms with Crippen molar-refractivity contribution in [2.24, 2.45) is 0 Å². The van der Waals surface area contributed by atoms with Gasteiger partial charge in [0.1, 0.15) is 0 Å². The van der Waals surface area contributed by atoms with Crippen LogP contribution < -0.4 is 10.6 Å². The van der Waals surface area contributed by atoms with Gasteiger partial charge in [0.05, 0.1) is 62.1 Å². The highest BCUT2D eigenvalue weighted by Crippen LogP contribution is 2.06. The number of nitrogens with one attached hydrogen (secondary N) is 2. The van der Waals surface area contributed by atoms with Gasteiger partial charge in [-0.15, -0.1) is 0 Å². The van der Waals surface area contributed by atoms with Crippen LogP contribution in [0.25, 0.3) is 0 Å². The van der Waals surface area contributed by atoms with Crippen LogP contribution in [0.15, 0.2) is 12.4 Å². The molecule has 1 aromatic rings. The van der Waals surface area contributed by atoms with Gasteiger partial charge in [-0.1, -0.05) is 0 Å². The van der Waals surface area contributed by atoms with E-state index in [-0.39, 0.29) is 13.1 Å². The van der Waals surface area contributed by atoms with Crippen LogP contribution in [0.3, 0.4) is 0 Å². The van der Waals surface area contributed by atoms with Crippen LogP contribution in [0.4, 0.5) is 0 Å². The molecule has 1 heterocycles. The highest BCUT2D eigenvalue weighted by Gasteiger charge is 2.28. The second-order valence-corrected chi connectivity index (χ2v) is 5.72. The molecule has 0 radical (unpaired) electrons. The van der Waals surface area contributed by atoms with Crippen LogP contribution in [-0.2, 0) is 13.1 Å². The fourth-order valence-corrected chi connectivity index (χ4v) is 1.81. The van der Waals surface area contributed by atoms with E-state index in [1.54, 1.807) is 0 Å². The van der Waals surface area contributed by atoms with Gasteiger partial charge in [-0.25, -0.2) is 0 Å². The zero-order chi connectivity index (χ0) is 18.1. The van der Waals surface area contributed by atoms with Crippen LogP contribution >= 0.6 is 0 Å². The van der Waals surface area contributed by atoms with Crippen LogP contribution in [0.5, 0.6) is 0 Å². The Morgan fingerprint density at radius 3 is 1.29 bits per heavy atom. The quantitative estimate of drug-likeness (QED) is 0.187. The third-order valence-corrected chi connectivity index (χ3v) is 3.84. The highest BCUT2D eigenvalue weighted by atomic mass is 16.3. The molecule has 8 N–H and O–H groups in total. The second-order valence-electron chi connectivity index (χ2n) is 5.72. The Kier molecular flexibility index (Phi) is 8.59. The normalized spacial score (nSPS) is 12.6. The zero-order valence-electron chi connectivity index (χ0n) is 13.4. The molecule has 138 valence electrons. The standard InChI is InChI=1S/C14H26N4O6/c19-5-13(6-20,7-21)16-3-11-1-15-2-12(18-11)4-17-14(8-22,9-23)10-24/h1-2,16-17,19-24H,3-10H2. The molecule has 24 heavy (non-hydrogen) atoms. The summed E-state index contributed by atoms with van der Waals surface area (Å²) in [5.74, 6) is 0. The van der Waals surface area contributed by atoms with Crippen molar-refractivity contribution in [3.05, 3.63) is 23.8 Å². The first-order valence-corrected chi connectivity index (χ1v) is 7.47. The van der Waals surface area contributed by atoms with Gasteiger partial charge in [0.25, 0.3) is 0 Å². The molecule has 1 aromatic heterocycles. The predicted octanol–water partition coefficient (Wildman–Crippen LogP) is -3.91. The minimum absolute atomic E-state index is 0.160. The van der Waals surface area contributed by atoms with Crippen molar-refractivity contribution >= 4 is 0 Å². The second kappa shape index (κ2) is 9.91. The van der Waals surface area contributed by atoms with E-state index in [9.17, 15) is 30.6 Å². The first kappa shape index (κ1) is 20.8. The van der Waals surface area contributed by atoms with Crippen molar-refractivity contribution in [2.75, 3.05) is 39.6 Å². The summed E-state index contributed by atoms with van der Waals surface area (Å²) in [4.78, 5) is 8.33. The van der Waals surface area contributed by atoms with Crippen LogP contribution in [-0.4, -0.2) is 91.3 Å². The molecule has 0 spiro atoms. The average molecular weight is 346 g/mol. The summed E-state index contributed by atoms with van der Waals surface area (Å²) in [7, 11) is 0. The molecule has 0 atom stereocenters. The minimum Gasteiger partial charge on any atom is -0.394 e. The highest BCUT2D eigenvalue weighted by molar-refractivity contribution is 5.05. The van der Waals surface area contributed by atoms with Crippen molar-refractivity contribution in [3.63, 3.8) is 0 Å². The van der Waals surface area contributed by atoms with Crippen LogP contribution in [0, 0.1) is 0 Å². The van der Waals surface area contributed by atoms with E-state index < -0.39 is 50.7 Å². The number of hydrogen-bond acceptors (Lipinski definition) is 10. The molecule has 0 saturated heterocycles. The van der Waals surface area contributed by atoms with E-state index in [0.717, 1.165) is 0 Å². The Balaban J connectivity index is 2.70. The zero-order valence-corrected chi connectivity index (χ0v) is 13.4. The van der Waals surface area contributed by atoms with Gasteiger partial charge in [-0.05, 0) is 0 Å². The van der Waals surface area contributed by atoms with E-state index in [1.807, 2.05) is 0 Å². The van der Waals surface area contributed by atoms with E-state index in [2.05, 4.69) is 20.6 Å². The first-order chi connectivity index (χ1) is 11.5. The molecule has 0 saturated carbocycles. The third-order valence-electron chi connectivity index (χ3n) is 3.84. The third kappa shape index (κ3) is 5.40. The number of rotatable bonds is 12. The molecule has 0 aliphatic heterocycles. The van der Waals surface area contributed by atoms with Gasteiger partial charge in [-0.2, -0.15) is 0 Å². The van der Waals surface area contributed by atoms with Crippen LogP contribution in [0.2, 0.25) is 0 Å². The summed E-state index contributed by atoms with van der Waals surface area (Å²) in [6.45, 7) is -2.34. The molecule has 1 rings (SSSR count). The Bertz CT molecular complexity index is 426.